The maximum atomic E-state index is 14.3. The molecule has 5 aromatic rings. The van der Waals surface area contributed by atoms with E-state index in [4.69, 9.17) is 4.74 Å². The van der Waals surface area contributed by atoms with Crippen LogP contribution >= 0.6 is 0 Å². The molecule has 3 aromatic carbocycles. The Labute approximate surface area is 269 Å². The van der Waals surface area contributed by atoms with Crippen molar-refractivity contribution in [1.82, 2.24) is 24.5 Å². The van der Waals surface area contributed by atoms with E-state index in [0.29, 0.717) is 35.0 Å². The van der Waals surface area contributed by atoms with E-state index in [9.17, 15) is 54.8 Å². The van der Waals surface area contributed by atoms with Gasteiger partial charge in [0, 0.05) is 11.8 Å². The Bertz CT molecular complexity index is 2000. The van der Waals surface area contributed by atoms with Crippen molar-refractivity contribution in [1.29, 1.82) is 0 Å². The fraction of sp³-hybridized carbons (Fsp3) is 0.258. The first kappa shape index (κ1) is 34.1. The number of ether oxygens (including phenoxy) is 1. The Balaban J connectivity index is 1.45. The fourth-order valence-electron chi connectivity index (χ4n) is 5.64. The highest BCUT2D eigenvalue weighted by molar-refractivity contribution is 5.68. The van der Waals surface area contributed by atoms with Crippen LogP contribution in [0.3, 0.4) is 0 Å². The summed E-state index contributed by atoms with van der Waals surface area (Å²) in [7, 11) is 0. The quantitative estimate of drug-likeness (QED) is 0.162. The van der Waals surface area contributed by atoms with Crippen molar-refractivity contribution in [2.75, 3.05) is 6.61 Å². The molecule has 258 valence electrons. The molecule has 1 aliphatic heterocycles. The SMILES string of the molecule is Cc1nc([C@@H]2OC(CO)[C@H](O)[C@H](n3cc(-c4cc(F)c(F)c(F)c4)cn3)C2O)n(-c2cc(-c3cc(F)c(F)c(F)c3)ccc2C(F)(F)F)n1. The minimum atomic E-state index is -5.03. The van der Waals surface area contributed by atoms with Crippen LogP contribution in [0.2, 0.25) is 0 Å². The summed E-state index contributed by atoms with van der Waals surface area (Å²) in [6.07, 6.45) is -9.66. The molecule has 1 saturated heterocycles. The predicted molar refractivity (Wildman–Crippen MR) is 150 cm³/mol. The lowest BCUT2D eigenvalue weighted by atomic mass is 9.92. The summed E-state index contributed by atoms with van der Waals surface area (Å²) < 4.78 is 133. The van der Waals surface area contributed by atoms with Crippen molar-refractivity contribution in [2.45, 2.75) is 43.6 Å². The summed E-state index contributed by atoms with van der Waals surface area (Å²) in [5.41, 5.74) is -2.71. The van der Waals surface area contributed by atoms with Gasteiger partial charge in [-0.25, -0.2) is 36.0 Å². The van der Waals surface area contributed by atoms with Gasteiger partial charge in [0.05, 0.1) is 24.1 Å². The lowest BCUT2D eigenvalue weighted by Gasteiger charge is -2.42. The Morgan fingerprint density at radius 1 is 0.796 bits per heavy atom. The number of aryl methyl sites for hydroxylation is 1. The van der Waals surface area contributed by atoms with Gasteiger partial charge in [-0.05, 0) is 60.0 Å². The first-order valence-electron chi connectivity index (χ1n) is 14.2. The largest absolute Gasteiger partial charge is 0.418 e. The van der Waals surface area contributed by atoms with Gasteiger partial charge in [-0.2, -0.15) is 23.4 Å². The first-order valence-corrected chi connectivity index (χ1v) is 14.2. The minimum Gasteiger partial charge on any atom is -0.394 e. The minimum absolute atomic E-state index is 0.0140. The third kappa shape index (κ3) is 6.16. The number of aromatic nitrogens is 5. The van der Waals surface area contributed by atoms with Gasteiger partial charge < -0.3 is 20.1 Å². The van der Waals surface area contributed by atoms with Crippen molar-refractivity contribution < 1.29 is 59.6 Å². The number of hydrogen-bond acceptors (Lipinski definition) is 7. The van der Waals surface area contributed by atoms with Gasteiger partial charge in [0.15, 0.2) is 40.7 Å². The Kier molecular flexibility index (Phi) is 8.76. The zero-order chi connectivity index (χ0) is 35.5. The van der Waals surface area contributed by atoms with E-state index in [1.165, 1.54) is 6.92 Å². The van der Waals surface area contributed by atoms with Crippen LogP contribution in [-0.2, 0) is 10.9 Å². The second-order valence-electron chi connectivity index (χ2n) is 11.1. The summed E-state index contributed by atoms with van der Waals surface area (Å²) in [6.45, 7) is 0.426. The Morgan fingerprint density at radius 2 is 1.37 bits per heavy atom. The van der Waals surface area contributed by atoms with Gasteiger partial charge in [-0.3, -0.25) is 4.68 Å². The molecule has 2 unspecified atom stereocenters. The smallest absolute Gasteiger partial charge is 0.394 e. The zero-order valence-electron chi connectivity index (χ0n) is 24.7. The van der Waals surface area contributed by atoms with Crippen LogP contribution in [0.15, 0.2) is 54.9 Å². The number of rotatable bonds is 6. The molecular weight excluding hydrogens is 677 g/mol. The second-order valence-corrected chi connectivity index (χ2v) is 11.1. The van der Waals surface area contributed by atoms with E-state index >= 15 is 0 Å². The number of aliphatic hydroxyl groups is 3. The molecule has 0 amide bonds. The molecule has 0 radical (unpaired) electrons. The fourth-order valence-corrected chi connectivity index (χ4v) is 5.64. The van der Waals surface area contributed by atoms with Crippen molar-refractivity contribution in [3.8, 4) is 27.9 Å². The number of nitrogens with zero attached hydrogens (tertiary/aromatic N) is 5. The van der Waals surface area contributed by atoms with E-state index in [0.717, 1.165) is 29.2 Å². The van der Waals surface area contributed by atoms with E-state index in [-0.39, 0.29) is 28.1 Å². The third-order valence-electron chi connectivity index (χ3n) is 7.96. The molecule has 49 heavy (non-hydrogen) atoms. The number of aliphatic hydroxyl groups excluding tert-OH is 3. The Morgan fingerprint density at radius 3 is 1.92 bits per heavy atom. The number of alkyl halides is 3. The topological polar surface area (TPSA) is 118 Å². The number of benzene rings is 3. The summed E-state index contributed by atoms with van der Waals surface area (Å²) in [5.74, 6) is -10.3. The van der Waals surface area contributed by atoms with Gasteiger partial charge in [-0.1, -0.05) is 6.07 Å². The number of halogens is 9. The van der Waals surface area contributed by atoms with Crippen LogP contribution in [-0.4, -0.2) is 64.8 Å². The lowest BCUT2D eigenvalue weighted by Crippen LogP contribution is -2.53. The van der Waals surface area contributed by atoms with E-state index in [2.05, 4.69) is 15.2 Å². The summed E-state index contributed by atoms with van der Waals surface area (Å²) in [4.78, 5) is 4.15. The molecule has 3 heterocycles. The molecule has 2 aromatic heterocycles. The average molecular weight is 700 g/mol. The summed E-state index contributed by atoms with van der Waals surface area (Å²) >= 11 is 0. The first-order chi connectivity index (χ1) is 23.1. The van der Waals surface area contributed by atoms with Crippen LogP contribution < -0.4 is 0 Å². The molecule has 9 nitrogen and oxygen atoms in total. The maximum absolute atomic E-state index is 14.3. The van der Waals surface area contributed by atoms with Crippen LogP contribution in [0, 0.1) is 41.8 Å². The lowest BCUT2D eigenvalue weighted by molar-refractivity contribution is -0.210. The summed E-state index contributed by atoms with van der Waals surface area (Å²) in [6, 6.07) is 3.36. The van der Waals surface area contributed by atoms with Crippen molar-refractivity contribution in [2.24, 2.45) is 0 Å². The number of hydrogen-bond donors (Lipinski definition) is 3. The second kappa shape index (κ2) is 12.6. The molecule has 18 heteroatoms. The van der Waals surface area contributed by atoms with Crippen LogP contribution in [0.5, 0.6) is 0 Å². The van der Waals surface area contributed by atoms with E-state index < -0.39 is 95.2 Å². The van der Waals surface area contributed by atoms with Gasteiger partial charge in [-0.15, -0.1) is 0 Å². The van der Waals surface area contributed by atoms with E-state index in [1.54, 1.807) is 0 Å². The molecular formula is C31H22F9N5O4. The zero-order valence-corrected chi connectivity index (χ0v) is 24.7. The summed E-state index contributed by atoms with van der Waals surface area (Å²) in [5, 5.41) is 40.7. The van der Waals surface area contributed by atoms with E-state index in [1.807, 2.05) is 0 Å². The molecule has 1 aliphatic rings. The van der Waals surface area contributed by atoms with Crippen molar-refractivity contribution in [3.05, 3.63) is 107 Å². The Hall–Kier alpha value is -4.78. The maximum Gasteiger partial charge on any atom is 0.418 e. The molecule has 5 atom stereocenters. The average Bonchev–Trinajstić information content (AvgIpc) is 3.68. The monoisotopic (exact) mass is 699 g/mol. The highest BCUT2D eigenvalue weighted by Crippen LogP contribution is 2.41. The van der Waals surface area contributed by atoms with Gasteiger partial charge in [0.2, 0.25) is 0 Å². The molecule has 0 spiro atoms. The normalized spacial score (nSPS) is 21.4. The van der Waals surface area contributed by atoms with Gasteiger partial charge in [0.1, 0.15) is 36.3 Å². The molecule has 0 aliphatic carbocycles. The molecule has 0 saturated carbocycles. The molecule has 0 bridgehead atoms. The standard InChI is InChI=1S/C31H22F9N5O4/c1-12-42-30(45(43-12)22-8-13(2-3-17(22)31(38,39)40)14-4-18(32)24(36)19(33)5-14)29-28(48)26(27(47)23(11-46)49-29)44-10-16(9-41-44)15-6-20(34)25(37)21(35)7-15/h2-10,23,26-29,46-48H,11H2,1H3/t23?,26-,27-,28?,29+/m0/s1. The van der Waals surface area contributed by atoms with Gasteiger partial charge >= 0.3 is 6.18 Å². The molecule has 6 rings (SSSR count). The van der Waals surface area contributed by atoms with Crippen LogP contribution in [0.1, 0.15) is 29.4 Å². The van der Waals surface area contributed by atoms with Crippen LogP contribution in [0.4, 0.5) is 39.5 Å². The van der Waals surface area contributed by atoms with Crippen molar-refractivity contribution in [3.63, 3.8) is 0 Å². The molecule has 3 N–H and O–H groups in total. The predicted octanol–water partition coefficient (Wildman–Crippen LogP) is 5.35. The third-order valence-corrected chi connectivity index (χ3v) is 7.96. The molecule has 1 fully saturated rings. The van der Waals surface area contributed by atoms with Crippen LogP contribution in [0.25, 0.3) is 27.9 Å². The highest BCUT2D eigenvalue weighted by Gasteiger charge is 2.48. The van der Waals surface area contributed by atoms with Gasteiger partial charge in [0.25, 0.3) is 0 Å². The van der Waals surface area contributed by atoms with Crippen molar-refractivity contribution >= 4 is 0 Å². The highest BCUT2D eigenvalue weighted by atomic mass is 19.4.